The molecule has 1 saturated heterocycles. The maximum Gasteiger partial charge on any atom is 0.239 e. The normalized spacial score (nSPS) is 16.1. The highest BCUT2D eigenvalue weighted by molar-refractivity contribution is 6.10. The fraction of sp³-hybridized carbons (Fsp3) is 0.579. The molecule has 0 aliphatic carbocycles. The number of piperazine rings is 1. The van der Waals surface area contributed by atoms with Crippen molar-refractivity contribution in [3.8, 4) is 0 Å². The number of carbonyl (C=O) groups excluding carboxylic acids is 2. The Balaban J connectivity index is 2.07. The van der Waals surface area contributed by atoms with E-state index in [0.29, 0.717) is 13.1 Å². The van der Waals surface area contributed by atoms with Gasteiger partial charge in [0.25, 0.3) is 0 Å². The van der Waals surface area contributed by atoms with E-state index in [9.17, 15) is 9.59 Å². The molecule has 0 radical (unpaired) electrons. The van der Waals surface area contributed by atoms with Gasteiger partial charge in [0, 0.05) is 31.9 Å². The Labute approximate surface area is 145 Å². The number of carbonyl (C=O) groups is 2. The molecule has 0 atom stereocenters. The average Bonchev–Trinajstić information content (AvgIpc) is 2.57. The minimum Gasteiger partial charge on any atom is -0.339 e. The highest BCUT2D eigenvalue weighted by Gasteiger charge is 2.40. The third kappa shape index (κ3) is 3.96. The first kappa shape index (κ1) is 18.5. The Morgan fingerprint density at radius 2 is 1.75 bits per heavy atom. The van der Waals surface area contributed by atoms with Crippen LogP contribution in [-0.2, 0) is 9.59 Å². The minimum atomic E-state index is -1.08. The van der Waals surface area contributed by atoms with Crippen LogP contribution in [0.15, 0.2) is 18.2 Å². The first-order chi connectivity index (χ1) is 11.3. The monoisotopic (exact) mass is 331 g/mol. The predicted octanol–water partition coefficient (Wildman–Crippen LogP) is 2.43. The molecule has 0 unspecified atom stereocenters. The first-order valence-corrected chi connectivity index (χ1v) is 8.66. The molecule has 0 spiro atoms. The Bertz CT molecular complexity index is 617. The average molecular weight is 331 g/mol. The van der Waals surface area contributed by atoms with Gasteiger partial charge in [-0.1, -0.05) is 19.1 Å². The van der Waals surface area contributed by atoms with Crippen LogP contribution < -0.4 is 5.32 Å². The van der Waals surface area contributed by atoms with Gasteiger partial charge in [-0.15, -0.1) is 0 Å². The van der Waals surface area contributed by atoms with Crippen LogP contribution in [0.4, 0.5) is 5.69 Å². The van der Waals surface area contributed by atoms with Crippen LogP contribution in [0, 0.1) is 19.3 Å². The summed E-state index contributed by atoms with van der Waals surface area (Å²) in [6.07, 6.45) is 0. The third-order valence-electron chi connectivity index (χ3n) is 4.85. The van der Waals surface area contributed by atoms with Crippen LogP contribution >= 0.6 is 0 Å². The van der Waals surface area contributed by atoms with Gasteiger partial charge in [0.2, 0.25) is 11.8 Å². The molecule has 1 aliphatic heterocycles. The number of amides is 2. The lowest BCUT2D eigenvalue weighted by Gasteiger charge is -2.37. The van der Waals surface area contributed by atoms with E-state index in [4.69, 9.17) is 0 Å². The number of benzene rings is 1. The molecule has 5 nitrogen and oxygen atoms in total. The summed E-state index contributed by atoms with van der Waals surface area (Å²) in [7, 11) is 0. The second-order valence-corrected chi connectivity index (χ2v) is 7.12. The molecule has 5 heteroatoms. The number of anilines is 1. The molecule has 1 aromatic rings. The molecule has 1 N–H and O–H groups in total. The number of rotatable bonds is 4. The van der Waals surface area contributed by atoms with E-state index in [-0.39, 0.29) is 11.8 Å². The first-order valence-electron chi connectivity index (χ1n) is 8.66. The van der Waals surface area contributed by atoms with E-state index in [2.05, 4.69) is 17.1 Å². The Morgan fingerprint density at radius 1 is 1.12 bits per heavy atom. The van der Waals surface area contributed by atoms with Gasteiger partial charge in [0.15, 0.2) is 0 Å². The van der Waals surface area contributed by atoms with Crippen LogP contribution in [-0.4, -0.2) is 54.3 Å². The zero-order chi connectivity index (χ0) is 17.9. The van der Waals surface area contributed by atoms with Gasteiger partial charge in [-0.2, -0.15) is 0 Å². The largest absolute Gasteiger partial charge is 0.339 e. The van der Waals surface area contributed by atoms with E-state index in [1.165, 1.54) is 0 Å². The topological polar surface area (TPSA) is 52.7 Å². The van der Waals surface area contributed by atoms with Crippen LogP contribution in [0.25, 0.3) is 0 Å². The SMILES string of the molecule is CCN1CCN(C(=O)C(C)(C)C(=O)Nc2cc(C)ccc2C)CC1. The summed E-state index contributed by atoms with van der Waals surface area (Å²) in [5.74, 6) is -0.347. The van der Waals surface area contributed by atoms with Crippen LogP contribution in [0.3, 0.4) is 0 Å². The van der Waals surface area contributed by atoms with Gasteiger partial charge in [-0.3, -0.25) is 9.59 Å². The van der Waals surface area contributed by atoms with Gasteiger partial charge >= 0.3 is 0 Å². The molecule has 0 saturated carbocycles. The maximum absolute atomic E-state index is 12.8. The molecular formula is C19H29N3O2. The van der Waals surface area contributed by atoms with Gasteiger partial charge < -0.3 is 15.1 Å². The summed E-state index contributed by atoms with van der Waals surface area (Å²) in [6.45, 7) is 13.6. The molecule has 2 amide bonds. The molecule has 132 valence electrons. The molecule has 1 heterocycles. The lowest BCUT2D eigenvalue weighted by Crippen LogP contribution is -2.54. The fourth-order valence-electron chi connectivity index (χ4n) is 2.91. The molecule has 1 aromatic carbocycles. The summed E-state index contributed by atoms with van der Waals surface area (Å²) in [6, 6.07) is 5.92. The molecule has 1 fully saturated rings. The second kappa shape index (κ2) is 7.34. The molecule has 0 aromatic heterocycles. The summed E-state index contributed by atoms with van der Waals surface area (Å²) < 4.78 is 0. The standard InChI is InChI=1S/C19H29N3O2/c1-6-21-9-11-22(12-10-21)18(24)19(4,5)17(23)20-16-13-14(2)7-8-15(16)3/h7-8,13H,6,9-12H2,1-5H3,(H,20,23). The van der Waals surface area contributed by atoms with Crippen LogP contribution in [0.2, 0.25) is 0 Å². The van der Waals surface area contributed by atoms with Crippen molar-refractivity contribution in [1.29, 1.82) is 0 Å². The van der Waals surface area contributed by atoms with Crippen molar-refractivity contribution in [2.75, 3.05) is 38.0 Å². The van der Waals surface area contributed by atoms with E-state index in [0.717, 1.165) is 36.4 Å². The van der Waals surface area contributed by atoms with Gasteiger partial charge in [0.05, 0.1) is 0 Å². The van der Waals surface area contributed by atoms with Gasteiger partial charge in [-0.05, 0) is 51.4 Å². The summed E-state index contributed by atoms with van der Waals surface area (Å²) in [5, 5.41) is 2.93. The number of nitrogens with zero attached hydrogens (tertiary/aromatic N) is 2. The van der Waals surface area contributed by atoms with Crippen LogP contribution in [0.1, 0.15) is 31.9 Å². The van der Waals surface area contributed by atoms with Crippen molar-refractivity contribution in [3.63, 3.8) is 0 Å². The smallest absolute Gasteiger partial charge is 0.239 e. The maximum atomic E-state index is 12.8. The van der Waals surface area contributed by atoms with Gasteiger partial charge in [-0.25, -0.2) is 0 Å². The number of nitrogens with one attached hydrogen (secondary N) is 1. The molecule has 1 aliphatic rings. The zero-order valence-corrected chi connectivity index (χ0v) is 15.5. The van der Waals surface area contributed by atoms with Gasteiger partial charge in [0.1, 0.15) is 5.41 Å². The van der Waals surface area contributed by atoms with E-state index >= 15 is 0 Å². The van der Waals surface area contributed by atoms with E-state index < -0.39 is 5.41 Å². The molecule has 0 bridgehead atoms. The number of aryl methyl sites for hydroxylation is 2. The van der Waals surface area contributed by atoms with Crippen molar-refractivity contribution < 1.29 is 9.59 Å². The zero-order valence-electron chi connectivity index (χ0n) is 15.5. The highest BCUT2D eigenvalue weighted by atomic mass is 16.2. The van der Waals surface area contributed by atoms with Crippen molar-refractivity contribution in [3.05, 3.63) is 29.3 Å². The fourth-order valence-corrected chi connectivity index (χ4v) is 2.91. The molecular weight excluding hydrogens is 302 g/mol. The molecule has 24 heavy (non-hydrogen) atoms. The highest BCUT2D eigenvalue weighted by Crippen LogP contribution is 2.24. The number of hydrogen-bond acceptors (Lipinski definition) is 3. The summed E-state index contributed by atoms with van der Waals surface area (Å²) >= 11 is 0. The lowest BCUT2D eigenvalue weighted by atomic mass is 9.89. The predicted molar refractivity (Wildman–Crippen MR) is 97.0 cm³/mol. The lowest BCUT2D eigenvalue weighted by molar-refractivity contribution is -0.147. The quantitative estimate of drug-likeness (QED) is 0.862. The van der Waals surface area contributed by atoms with E-state index in [1.807, 2.05) is 36.9 Å². The second-order valence-electron chi connectivity index (χ2n) is 7.12. The Hall–Kier alpha value is -1.88. The molecule has 2 rings (SSSR count). The Morgan fingerprint density at radius 3 is 2.33 bits per heavy atom. The summed E-state index contributed by atoms with van der Waals surface area (Å²) in [5.41, 5.74) is 1.77. The Kier molecular flexibility index (Phi) is 5.65. The van der Waals surface area contributed by atoms with Crippen molar-refractivity contribution in [2.45, 2.75) is 34.6 Å². The summed E-state index contributed by atoms with van der Waals surface area (Å²) in [4.78, 5) is 29.7. The minimum absolute atomic E-state index is 0.0962. The third-order valence-corrected chi connectivity index (χ3v) is 4.85. The van der Waals surface area contributed by atoms with Crippen LogP contribution in [0.5, 0.6) is 0 Å². The van der Waals surface area contributed by atoms with Crippen molar-refractivity contribution in [2.24, 2.45) is 5.41 Å². The van der Waals surface area contributed by atoms with Crippen molar-refractivity contribution in [1.82, 2.24) is 9.80 Å². The number of likely N-dealkylation sites (N-methyl/N-ethyl adjacent to an activating group) is 1. The van der Waals surface area contributed by atoms with Crippen molar-refractivity contribution >= 4 is 17.5 Å². The van der Waals surface area contributed by atoms with E-state index in [1.54, 1.807) is 13.8 Å². The number of hydrogen-bond donors (Lipinski definition) is 1.